The van der Waals surface area contributed by atoms with Gasteiger partial charge in [0, 0.05) is 10.0 Å². The molecule has 26 heavy (non-hydrogen) atoms. The zero-order chi connectivity index (χ0) is 18.7. The minimum Gasteiger partial charge on any atom is -0.394 e. The SMILES string of the molecule is CC[C@H](CO)N1C(=O)CO[C@H](c2cccc(Cl)c2)[C@H]1c1ccc(Cl)cc1. The van der Waals surface area contributed by atoms with Gasteiger partial charge in [0.25, 0.3) is 0 Å². The van der Waals surface area contributed by atoms with Gasteiger partial charge in [-0.15, -0.1) is 0 Å². The van der Waals surface area contributed by atoms with Gasteiger partial charge in [-0.05, 0) is 41.8 Å². The van der Waals surface area contributed by atoms with E-state index in [4.69, 9.17) is 27.9 Å². The molecule has 1 aliphatic rings. The van der Waals surface area contributed by atoms with E-state index in [2.05, 4.69) is 0 Å². The third-order valence-electron chi connectivity index (χ3n) is 4.72. The first-order chi connectivity index (χ1) is 12.5. The molecule has 0 aromatic heterocycles. The Morgan fingerprint density at radius 3 is 2.50 bits per heavy atom. The maximum absolute atomic E-state index is 12.7. The topological polar surface area (TPSA) is 49.8 Å². The van der Waals surface area contributed by atoms with Crippen LogP contribution in [0.25, 0.3) is 0 Å². The Balaban J connectivity index is 2.09. The van der Waals surface area contributed by atoms with Gasteiger partial charge in [0.2, 0.25) is 5.91 Å². The van der Waals surface area contributed by atoms with Crippen molar-refractivity contribution in [2.45, 2.75) is 31.5 Å². The molecule has 4 nitrogen and oxygen atoms in total. The number of nitrogens with zero attached hydrogens (tertiary/aromatic N) is 1. The highest BCUT2D eigenvalue weighted by molar-refractivity contribution is 6.30. The molecule has 3 rings (SSSR count). The van der Waals surface area contributed by atoms with Crippen LogP contribution in [0.2, 0.25) is 10.0 Å². The maximum Gasteiger partial charge on any atom is 0.249 e. The number of rotatable bonds is 5. The second kappa shape index (κ2) is 8.40. The van der Waals surface area contributed by atoms with Gasteiger partial charge in [0.05, 0.1) is 18.7 Å². The molecule has 138 valence electrons. The van der Waals surface area contributed by atoms with Crippen LogP contribution in [-0.2, 0) is 9.53 Å². The Morgan fingerprint density at radius 2 is 1.88 bits per heavy atom. The van der Waals surface area contributed by atoms with E-state index in [1.165, 1.54) is 0 Å². The molecule has 1 fully saturated rings. The van der Waals surface area contributed by atoms with E-state index in [1.807, 2.05) is 37.3 Å². The van der Waals surface area contributed by atoms with Crippen LogP contribution in [0, 0.1) is 0 Å². The molecule has 2 aromatic rings. The summed E-state index contributed by atoms with van der Waals surface area (Å²) >= 11 is 12.2. The van der Waals surface area contributed by atoms with E-state index in [9.17, 15) is 9.90 Å². The molecule has 6 heteroatoms. The molecular formula is C20H21Cl2NO3. The first kappa shape index (κ1) is 19.2. The van der Waals surface area contributed by atoms with Gasteiger partial charge in [-0.1, -0.05) is 54.4 Å². The molecule has 3 atom stereocenters. The molecule has 1 N–H and O–H groups in total. The normalized spacial score (nSPS) is 21.7. The van der Waals surface area contributed by atoms with E-state index in [1.54, 1.807) is 23.1 Å². The van der Waals surface area contributed by atoms with E-state index in [0.29, 0.717) is 16.5 Å². The number of aliphatic hydroxyl groups excluding tert-OH is 1. The summed E-state index contributed by atoms with van der Waals surface area (Å²) in [6.45, 7) is 1.82. The third kappa shape index (κ3) is 3.89. The van der Waals surface area contributed by atoms with Crippen molar-refractivity contribution < 1.29 is 14.6 Å². The van der Waals surface area contributed by atoms with Crippen LogP contribution in [0.1, 0.15) is 36.6 Å². The van der Waals surface area contributed by atoms with E-state index >= 15 is 0 Å². The summed E-state index contributed by atoms with van der Waals surface area (Å²) in [5.41, 5.74) is 1.79. The fraction of sp³-hybridized carbons (Fsp3) is 0.350. The number of halogens is 2. The Kier molecular flexibility index (Phi) is 6.20. The number of carbonyl (C=O) groups excluding carboxylic acids is 1. The first-order valence-electron chi connectivity index (χ1n) is 8.59. The Bertz CT molecular complexity index is 762. The average molecular weight is 394 g/mol. The second-order valence-corrected chi connectivity index (χ2v) is 7.20. The highest BCUT2D eigenvalue weighted by Crippen LogP contribution is 2.42. The van der Waals surface area contributed by atoms with Crippen molar-refractivity contribution in [3.05, 3.63) is 69.7 Å². The van der Waals surface area contributed by atoms with Gasteiger partial charge in [0.1, 0.15) is 12.7 Å². The van der Waals surface area contributed by atoms with Gasteiger partial charge in [-0.25, -0.2) is 0 Å². The number of amides is 1. The lowest BCUT2D eigenvalue weighted by Crippen LogP contribution is -2.51. The van der Waals surface area contributed by atoms with E-state index in [-0.39, 0.29) is 37.3 Å². The molecule has 2 aromatic carbocycles. The van der Waals surface area contributed by atoms with Crippen molar-refractivity contribution in [3.63, 3.8) is 0 Å². The van der Waals surface area contributed by atoms with Crippen molar-refractivity contribution in [3.8, 4) is 0 Å². The van der Waals surface area contributed by atoms with Crippen LogP contribution in [-0.4, -0.2) is 35.2 Å². The highest BCUT2D eigenvalue weighted by Gasteiger charge is 2.41. The van der Waals surface area contributed by atoms with Gasteiger partial charge in [-0.3, -0.25) is 4.79 Å². The molecular weight excluding hydrogens is 373 g/mol. The minimum atomic E-state index is -0.381. The summed E-state index contributed by atoms with van der Waals surface area (Å²) in [4.78, 5) is 14.4. The Hall–Kier alpha value is -1.59. The lowest BCUT2D eigenvalue weighted by atomic mass is 9.91. The highest BCUT2D eigenvalue weighted by atomic mass is 35.5. The van der Waals surface area contributed by atoms with Crippen LogP contribution in [0.15, 0.2) is 48.5 Å². The van der Waals surface area contributed by atoms with Crippen LogP contribution >= 0.6 is 23.2 Å². The first-order valence-corrected chi connectivity index (χ1v) is 9.35. The standard InChI is InChI=1S/C20H21Cl2NO3/c1-2-17(11-24)23-18(25)12-26-20(14-4-3-5-16(22)10-14)19(23)13-6-8-15(21)9-7-13/h3-10,17,19-20,24H,2,11-12H2,1H3/t17-,19-,20-/m1/s1. The van der Waals surface area contributed by atoms with E-state index < -0.39 is 0 Å². The monoisotopic (exact) mass is 393 g/mol. The number of ether oxygens (including phenoxy) is 1. The second-order valence-electron chi connectivity index (χ2n) is 6.33. The molecule has 0 radical (unpaired) electrons. The average Bonchev–Trinajstić information content (AvgIpc) is 2.64. The summed E-state index contributed by atoms with van der Waals surface area (Å²) in [6, 6.07) is 14.2. The number of carbonyl (C=O) groups is 1. The van der Waals surface area contributed by atoms with Crippen molar-refractivity contribution in [2.75, 3.05) is 13.2 Å². The lowest BCUT2D eigenvalue weighted by Gasteiger charge is -2.45. The Morgan fingerprint density at radius 1 is 1.15 bits per heavy atom. The zero-order valence-electron chi connectivity index (χ0n) is 14.4. The zero-order valence-corrected chi connectivity index (χ0v) is 16.0. The summed E-state index contributed by atoms with van der Waals surface area (Å²) in [5.74, 6) is -0.135. The molecule has 0 unspecified atom stereocenters. The quantitative estimate of drug-likeness (QED) is 0.818. The molecule has 1 amide bonds. The number of hydrogen-bond donors (Lipinski definition) is 1. The van der Waals surface area contributed by atoms with Crippen LogP contribution in [0.3, 0.4) is 0 Å². The van der Waals surface area contributed by atoms with E-state index in [0.717, 1.165) is 11.1 Å². The van der Waals surface area contributed by atoms with Crippen molar-refractivity contribution in [1.29, 1.82) is 0 Å². The van der Waals surface area contributed by atoms with Gasteiger partial charge >= 0.3 is 0 Å². The van der Waals surface area contributed by atoms with Crippen molar-refractivity contribution in [2.24, 2.45) is 0 Å². The fourth-order valence-electron chi connectivity index (χ4n) is 3.43. The lowest BCUT2D eigenvalue weighted by molar-refractivity contribution is -0.165. The number of morpholine rings is 1. The molecule has 0 spiro atoms. The number of benzene rings is 2. The largest absolute Gasteiger partial charge is 0.394 e. The van der Waals surface area contributed by atoms with Crippen LogP contribution in [0.5, 0.6) is 0 Å². The van der Waals surface area contributed by atoms with Crippen LogP contribution < -0.4 is 0 Å². The minimum absolute atomic E-state index is 0.0300. The van der Waals surface area contributed by atoms with Crippen molar-refractivity contribution >= 4 is 29.1 Å². The Labute approximate surface area is 163 Å². The van der Waals surface area contributed by atoms with Crippen LogP contribution in [0.4, 0.5) is 0 Å². The molecule has 0 saturated carbocycles. The fourth-order valence-corrected chi connectivity index (χ4v) is 3.75. The summed E-state index contributed by atoms with van der Waals surface area (Å²) < 4.78 is 5.93. The predicted octanol–water partition coefficient (Wildman–Crippen LogP) is 4.41. The maximum atomic E-state index is 12.7. The molecule has 1 saturated heterocycles. The summed E-state index contributed by atoms with van der Waals surface area (Å²) in [7, 11) is 0. The molecule has 1 heterocycles. The number of aliphatic hydroxyl groups is 1. The third-order valence-corrected chi connectivity index (χ3v) is 5.21. The van der Waals surface area contributed by atoms with Gasteiger partial charge in [0.15, 0.2) is 0 Å². The molecule has 0 bridgehead atoms. The van der Waals surface area contributed by atoms with Gasteiger partial charge < -0.3 is 14.7 Å². The van der Waals surface area contributed by atoms with Gasteiger partial charge in [-0.2, -0.15) is 0 Å². The predicted molar refractivity (Wildman–Crippen MR) is 102 cm³/mol. The summed E-state index contributed by atoms with van der Waals surface area (Å²) in [6.07, 6.45) is 0.266. The van der Waals surface area contributed by atoms with Crippen molar-refractivity contribution in [1.82, 2.24) is 4.90 Å². The summed E-state index contributed by atoms with van der Waals surface area (Å²) in [5, 5.41) is 11.1. The number of hydrogen-bond acceptors (Lipinski definition) is 3. The molecule has 1 aliphatic heterocycles. The smallest absolute Gasteiger partial charge is 0.249 e. The molecule has 0 aliphatic carbocycles.